The van der Waals surface area contributed by atoms with Gasteiger partial charge in [-0.05, 0) is 79.9 Å². The van der Waals surface area contributed by atoms with Crippen LogP contribution in [-0.4, -0.2) is 27.3 Å². The quantitative estimate of drug-likeness (QED) is 0.470. The monoisotopic (exact) mass is 422 g/mol. The van der Waals surface area contributed by atoms with Gasteiger partial charge in [0, 0.05) is 12.1 Å². The fraction of sp³-hybridized carbons (Fsp3) is 0.192. The zero-order valence-electron chi connectivity index (χ0n) is 17.7. The molecule has 158 valence electrons. The minimum atomic E-state index is -0.0710. The van der Waals surface area contributed by atoms with Crippen molar-refractivity contribution in [2.75, 3.05) is 6.54 Å². The molecule has 1 atom stereocenters. The van der Waals surface area contributed by atoms with E-state index in [1.165, 1.54) is 5.56 Å². The van der Waals surface area contributed by atoms with Gasteiger partial charge in [0.25, 0.3) is 5.91 Å². The highest BCUT2D eigenvalue weighted by molar-refractivity contribution is 5.95. The van der Waals surface area contributed by atoms with E-state index in [1.807, 2.05) is 35.2 Å². The minimum absolute atomic E-state index is 0.0329. The van der Waals surface area contributed by atoms with E-state index in [0.717, 1.165) is 29.7 Å². The third-order valence-electron chi connectivity index (χ3n) is 5.79. The Morgan fingerprint density at radius 1 is 1.12 bits per heavy atom. The second-order valence-electron chi connectivity index (χ2n) is 8.07. The number of hydrogen-bond donors (Lipinski definition) is 1. The number of aromatic amines is 1. The number of carbonyl (C=O) groups excluding carboxylic acids is 1. The molecule has 0 radical (unpaired) electrons. The fourth-order valence-corrected chi connectivity index (χ4v) is 4.19. The van der Waals surface area contributed by atoms with Gasteiger partial charge in [-0.25, -0.2) is 4.98 Å². The standard InChI is InChI=1S/C26H22N4O2/c1-17-7-12-22-23(14-17)29-25(28-22)24-6-3-13-30(24)26(31)19-4-2-5-21(15-19)32-20-10-8-18(16-27)9-11-20/h2,4-5,7-12,14-15,24H,3,6,13H2,1H3,(H,28,29). The van der Waals surface area contributed by atoms with Crippen molar-refractivity contribution in [2.24, 2.45) is 0 Å². The van der Waals surface area contributed by atoms with E-state index < -0.39 is 0 Å². The van der Waals surface area contributed by atoms with Gasteiger partial charge >= 0.3 is 0 Å². The van der Waals surface area contributed by atoms with Gasteiger partial charge in [-0.3, -0.25) is 4.79 Å². The number of nitrogens with zero attached hydrogens (tertiary/aromatic N) is 3. The number of ether oxygens (including phenoxy) is 1. The van der Waals surface area contributed by atoms with Crippen molar-refractivity contribution in [3.8, 4) is 17.6 Å². The zero-order chi connectivity index (χ0) is 22.1. The summed E-state index contributed by atoms with van der Waals surface area (Å²) in [6.45, 7) is 2.75. The van der Waals surface area contributed by atoms with Crippen LogP contribution >= 0.6 is 0 Å². The summed E-state index contributed by atoms with van der Waals surface area (Å²) >= 11 is 0. The number of aromatic nitrogens is 2. The number of imidazole rings is 1. The number of fused-ring (bicyclic) bond motifs is 1. The molecule has 0 spiro atoms. The van der Waals surface area contributed by atoms with Crippen LogP contribution in [0.5, 0.6) is 11.5 Å². The number of benzene rings is 3. The van der Waals surface area contributed by atoms with E-state index >= 15 is 0 Å². The maximum Gasteiger partial charge on any atom is 0.254 e. The smallest absolute Gasteiger partial charge is 0.254 e. The van der Waals surface area contributed by atoms with Gasteiger partial charge in [0.1, 0.15) is 17.3 Å². The number of carbonyl (C=O) groups is 1. The Hall–Kier alpha value is -4.11. The Bertz CT molecular complexity index is 1330. The van der Waals surface area contributed by atoms with Crippen LogP contribution in [0, 0.1) is 18.3 Å². The van der Waals surface area contributed by atoms with Crippen molar-refractivity contribution in [1.29, 1.82) is 5.26 Å². The molecule has 1 saturated heterocycles. The van der Waals surface area contributed by atoms with Crippen LogP contribution in [-0.2, 0) is 0 Å². The van der Waals surface area contributed by atoms with Crippen molar-refractivity contribution in [1.82, 2.24) is 14.9 Å². The summed E-state index contributed by atoms with van der Waals surface area (Å²) in [5.41, 5.74) is 4.24. The van der Waals surface area contributed by atoms with Crippen LogP contribution in [0.2, 0.25) is 0 Å². The largest absolute Gasteiger partial charge is 0.457 e. The van der Waals surface area contributed by atoms with E-state index in [1.54, 1.807) is 30.3 Å². The van der Waals surface area contributed by atoms with Gasteiger partial charge in [0.2, 0.25) is 0 Å². The molecule has 1 aliphatic rings. The Morgan fingerprint density at radius 3 is 2.78 bits per heavy atom. The van der Waals surface area contributed by atoms with Crippen LogP contribution in [0.15, 0.2) is 66.7 Å². The Kier molecular flexibility index (Phi) is 5.08. The number of hydrogen-bond acceptors (Lipinski definition) is 4. The lowest BCUT2D eigenvalue weighted by Gasteiger charge is -2.23. The highest BCUT2D eigenvalue weighted by atomic mass is 16.5. The molecule has 1 N–H and O–H groups in total. The molecule has 5 rings (SSSR count). The van der Waals surface area contributed by atoms with Gasteiger partial charge in [-0.1, -0.05) is 12.1 Å². The zero-order valence-corrected chi connectivity index (χ0v) is 17.7. The number of amides is 1. The number of likely N-dealkylation sites (tertiary alicyclic amines) is 1. The Labute approximate surface area is 186 Å². The molecule has 0 saturated carbocycles. The SMILES string of the molecule is Cc1ccc2nc(C3CCCN3C(=O)c3cccc(Oc4ccc(C#N)cc4)c3)[nH]c2c1. The second-order valence-corrected chi connectivity index (χ2v) is 8.07. The molecule has 1 unspecified atom stereocenters. The highest BCUT2D eigenvalue weighted by Crippen LogP contribution is 2.33. The van der Waals surface area contributed by atoms with E-state index in [0.29, 0.717) is 29.2 Å². The van der Waals surface area contributed by atoms with Gasteiger partial charge in [-0.15, -0.1) is 0 Å². The van der Waals surface area contributed by atoms with Crippen LogP contribution in [0.1, 0.15) is 46.2 Å². The van der Waals surface area contributed by atoms with Crippen molar-refractivity contribution >= 4 is 16.9 Å². The van der Waals surface area contributed by atoms with Gasteiger partial charge in [0.15, 0.2) is 0 Å². The molecule has 3 aromatic carbocycles. The minimum Gasteiger partial charge on any atom is -0.457 e. The predicted octanol–water partition coefficient (Wildman–Crippen LogP) is 5.51. The summed E-state index contributed by atoms with van der Waals surface area (Å²) in [5, 5.41) is 8.94. The first-order valence-corrected chi connectivity index (χ1v) is 10.7. The summed E-state index contributed by atoms with van der Waals surface area (Å²) < 4.78 is 5.90. The molecular weight excluding hydrogens is 400 g/mol. The second kappa shape index (κ2) is 8.20. The maximum atomic E-state index is 13.4. The number of aryl methyl sites for hydroxylation is 1. The normalized spacial score (nSPS) is 15.6. The average molecular weight is 422 g/mol. The lowest BCUT2D eigenvalue weighted by Crippen LogP contribution is -2.31. The van der Waals surface area contributed by atoms with Gasteiger partial charge in [0.05, 0.1) is 28.7 Å². The Balaban J connectivity index is 1.37. The summed E-state index contributed by atoms with van der Waals surface area (Å²) in [7, 11) is 0. The number of nitriles is 1. The van der Waals surface area contributed by atoms with Crippen LogP contribution < -0.4 is 4.74 Å². The highest BCUT2D eigenvalue weighted by Gasteiger charge is 2.32. The first-order valence-electron chi connectivity index (χ1n) is 10.7. The van der Waals surface area contributed by atoms with Crippen LogP contribution in [0.25, 0.3) is 11.0 Å². The van der Waals surface area contributed by atoms with Crippen LogP contribution in [0.4, 0.5) is 0 Å². The molecule has 6 heteroatoms. The molecule has 32 heavy (non-hydrogen) atoms. The topological polar surface area (TPSA) is 82.0 Å². The Morgan fingerprint density at radius 2 is 1.97 bits per heavy atom. The third kappa shape index (κ3) is 3.81. The molecule has 0 aliphatic carbocycles. The van der Waals surface area contributed by atoms with E-state index in [4.69, 9.17) is 15.0 Å². The van der Waals surface area contributed by atoms with Crippen molar-refractivity contribution in [2.45, 2.75) is 25.8 Å². The molecule has 1 fully saturated rings. The average Bonchev–Trinajstić information content (AvgIpc) is 3.46. The molecular formula is C26H22N4O2. The molecule has 1 aromatic heterocycles. The van der Waals surface area contributed by atoms with Crippen molar-refractivity contribution in [3.05, 3.63) is 89.2 Å². The summed E-state index contributed by atoms with van der Waals surface area (Å²) in [4.78, 5) is 23.4. The van der Waals surface area contributed by atoms with Crippen molar-refractivity contribution < 1.29 is 9.53 Å². The summed E-state index contributed by atoms with van der Waals surface area (Å²) in [5.74, 6) is 2.00. The summed E-state index contributed by atoms with van der Waals surface area (Å²) in [6, 6.07) is 22.3. The third-order valence-corrected chi connectivity index (χ3v) is 5.79. The van der Waals surface area contributed by atoms with E-state index in [2.05, 4.69) is 24.0 Å². The lowest BCUT2D eigenvalue weighted by molar-refractivity contribution is 0.0730. The van der Waals surface area contributed by atoms with E-state index in [-0.39, 0.29) is 11.9 Å². The van der Waals surface area contributed by atoms with E-state index in [9.17, 15) is 4.79 Å². The maximum absolute atomic E-state index is 13.4. The molecule has 4 aromatic rings. The molecule has 1 aliphatic heterocycles. The number of nitrogens with one attached hydrogen (secondary N) is 1. The van der Waals surface area contributed by atoms with Gasteiger partial charge in [-0.2, -0.15) is 5.26 Å². The van der Waals surface area contributed by atoms with Gasteiger partial charge < -0.3 is 14.6 Å². The molecule has 1 amide bonds. The first kappa shape index (κ1) is 19.8. The predicted molar refractivity (Wildman–Crippen MR) is 122 cm³/mol. The number of H-pyrrole nitrogens is 1. The molecule has 2 heterocycles. The lowest BCUT2D eigenvalue weighted by atomic mass is 10.1. The summed E-state index contributed by atoms with van der Waals surface area (Å²) in [6.07, 6.45) is 1.82. The fourth-order valence-electron chi connectivity index (χ4n) is 4.19. The van der Waals surface area contributed by atoms with Crippen molar-refractivity contribution in [3.63, 3.8) is 0 Å². The van der Waals surface area contributed by atoms with Crippen LogP contribution in [0.3, 0.4) is 0 Å². The number of rotatable bonds is 4. The first-order chi connectivity index (χ1) is 15.6. The molecule has 0 bridgehead atoms. The molecule has 6 nitrogen and oxygen atoms in total.